The summed E-state index contributed by atoms with van der Waals surface area (Å²) in [5.41, 5.74) is 5.98. The molecule has 5 atom stereocenters. The van der Waals surface area contributed by atoms with Gasteiger partial charge in [0.05, 0.1) is 13.2 Å². The SMILES string of the molecule is C1CCOC1.CC#CC#CC#CC#CC#CC#CC#CC#CC#CC#CC#CC.COC(=O)C(NCc1ccccc1)c1ccccc1.I[I-]I(I)I(I)I(I)I(I)I(I)I(I)I(I)I(I)I(I)I(I)I.O=C(O)C(NCc1ccccc1)c1ccccc1.O=C(O[C@H]1CN2CCC1CC2)C(NCc1ccccc1)c1ccccc1.O[C@H]1CN2CCC1CC2. The molecule has 0 amide bonds. The largest absolute Gasteiger partial charge is 0.480 e. The van der Waals surface area contributed by atoms with Gasteiger partial charge in [-0.05, 0) is 218 Å². The molecule has 672 valence electrons. The molecule has 0 aliphatic carbocycles. The number of esters is 2. The molecule has 7 aliphatic heterocycles. The number of piperidine rings is 6. The Bertz CT molecular complexity index is 4830. The number of nitrogens with zero attached hydrogens (tertiary/aromatic N) is 2. The summed E-state index contributed by atoms with van der Waals surface area (Å²) in [6, 6.07) is 57.0. The maximum absolute atomic E-state index is 13.0. The average molecular weight is 4260 g/mol. The van der Waals surface area contributed by atoms with Crippen molar-refractivity contribution in [3.05, 3.63) is 215 Å². The van der Waals surface area contributed by atoms with E-state index in [9.17, 15) is 24.6 Å². The van der Waals surface area contributed by atoms with Gasteiger partial charge in [-0.2, -0.15) is 0 Å². The maximum atomic E-state index is 13.0. The van der Waals surface area contributed by atoms with Crippen LogP contribution in [0.15, 0.2) is 182 Å². The van der Waals surface area contributed by atoms with Gasteiger partial charge in [-0.3, -0.25) is 25.6 Å². The Morgan fingerprint density at radius 3 is 0.968 bits per heavy atom. The molecule has 7 fully saturated rings. The number of benzene rings is 6. The molecule has 0 spiro atoms. The number of aliphatic hydroxyl groups is 1. The fourth-order valence-corrected chi connectivity index (χ4v) is 3570. The maximum Gasteiger partial charge on any atom is 0.328 e. The Hall–Kier alpha value is 5.40. The van der Waals surface area contributed by atoms with Crippen LogP contribution in [-0.2, 0) is 48.2 Å². The molecule has 7 heterocycles. The third kappa shape index (κ3) is 51.7. The van der Waals surface area contributed by atoms with Crippen molar-refractivity contribution in [2.75, 3.05) is 59.6 Å². The van der Waals surface area contributed by atoms with Gasteiger partial charge in [-0.25, -0.2) is 9.59 Å². The third-order valence-electron chi connectivity index (χ3n) is 16.9. The van der Waals surface area contributed by atoms with Gasteiger partial charge in [0.1, 0.15) is 24.2 Å². The van der Waals surface area contributed by atoms with E-state index in [1.165, 1.54) is 45.9 Å². The van der Waals surface area contributed by atoms with Crippen molar-refractivity contribution in [3.63, 3.8) is 0 Å². The molecule has 0 radical (unpaired) electrons. The van der Waals surface area contributed by atoms with Crippen LogP contribution in [0.5, 0.6) is 0 Å². The Balaban J connectivity index is 0.000000265. The number of carboxylic acid groups (broad SMARTS) is 1. The van der Waals surface area contributed by atoms with Gasteiger partial charge in [0.15, 0.2) is 0 Å². The monoisotopic (exact) mass is 4260 g/mol. The van der Waals surface area contributed by atoms with E-state index in [2.05, 4.69) is 392 Å². The summed E-state index contributed by atoms with van der Waals surface area (Å²) in [4.78, 5) is 40.9. The van der Waals surface area contributed by atoms with Crippen molar-refractivity contribution >= 4 is 320 Å². The van der Waals surface area contributed by atoms with Crippen molar-refractivity contribution in [2.24, 2.45) is 11.8 Å². The number of aliphatic hydroxyl groups excluding tert-OH is 1. The predicted molar refractivity (Wildman–Crippen MR) is 707 cm³/mol. The summed E-state index contributed by atoms with van der Waals surface area (Å²) in [6.45, 7) is 13.7. The van der Waals surface area contributed by atoms with E-state index in [0.29, 0.717) is 44.7 Å². The molecule has 0 aromatic heterocycles. The first kappa shape index (κ1) is 120. The van der Waals surface area contributed by atoms with Crippen LogP contribution >= 0.6 is 302 Å². The summed E-state index contributed by atoms with van der Waals surface area (Å²) in [6.07, 6.45) is 7.32. The zero-order valence-electron chi connectivity index (χ0n) is 66.3. The number of hydrogen-bond donors (Lipinski definition) is 5. The number of carbonyl (C=O) groups excluding carboxylic acids is 2. The molecule has 124 heavy (non-hydrogen) atoms. The van der Waals surface area contributed by atoms with Crippen LogP contribution in [0.25, 0.3) is 0 Å². The molecule has 5 N–H and O–H groups in total. The van der Waals surface area contributed by atoms with Crippen LogP contribution in [0.2, 0.25) is 0 Å². The average Bonchev–Trinajstić information content (AvgIpc) is 1.06. The summed E-state index contributed by atoms with van der Waals surface area (Å²) < 4.78 is 15.8. The molecular weight excluding hydrogens is 4170 g/mol. The van der Waals surface area contributed by atoms with Crippen LogP contribution in [0.4, 0.5) is 0 Å². The molecule has 6 aromatic rings. The zero-order chi connectivity index (χ0) is 89.9. The van der Waals surface area contributed by atoms with Gasteiger partial charge >= 0.3 is 333 Å². The molecule has 36 heteroatoms. The fourth-order valence-electron chi connectivity index (χ4n) is 11.2. The molecular formula is C88H85I23N5O8-. The normalized spacial score (nSPS) is 17.6. The first-order valence-corrected chi connectivity index (χ1v) is 175. The molecule has 4 bridgehead atoms. The Kier molecular flexibility index (Phi) is 73.6. The van der Waals surface area contributed by atoms with Gasteiger partial charge in [0, 0.05) is 69.6 Å². The van der Waals surface area contributed by atoms with E-state index < -0.39 is 87.2 Å². The number of hydrogen-bond acceptors (Lipinski definition) is 12. The molecule has 7 saturated heterocycles. The second kappa shape index (κ2) is 76.2. The Morgan fingerprint density at radius 2 is 0.710 bits per heavy atom. The summed E-state index contributed by atoms with van der Waals surface area (Å²) in [7, 11) is -2.64. The fraction of sp³-hybridized carbons (Fsp3) is 0.307. The van der Waals surface area contributed by atoms with Gasteiger partial charge < -0.3 is 29.3 Å². The van der Waals surface area contributed by atoms with E-state index in [-0.39, 0.29) is 39.9 Å². The number of fused-ring (bicyclic) bond motifs is 6. The summed E-state index contributed by atoms with van der Waals surface area (Å²) in [5, 5.41) is 28.3. The van der Waals surface area contributed by atoms with Crippen molar-refractivity contribution in [3.8, 4) is 130 Å². The number of halogens is 23. The second-order valence-corrected chi connectivity index (χ2v) is 528. The second-order valence-electron chi connectivity index (χ2n) is 24.8. The van der Waals surface area contributed by atoms with Crippen LogP contribution in [-0.4, -0.2) is 110 Å². The summed E-state index contributed by atoms with van der Waals surface area (Å²) >= 11 is 37.6. The number of carbonyl (C=O) groups is 3. The Morgan fingerprint density at radius 1 is 0.419 bits per heavy atom. The van der Waals surface area contributed by atoms with Crippen molar-refractivity contribution in [1.29, 1.82) is 0 Å². The zero-order valence-corrected chi connectivity index (χ0v) is 116. The van der Waals surface area contributed by atoms with Crippen molar-refractivity contribution in [1.82, 2.24) is 25.8 Å². The van der Waals surface area contributed by atoms with Gasteiger partial charge in [0.25, 0.3) is 0 Å². The summed E-state index contributed by atoms with van der Waals surface area (Å²) in [5.74, 6) is 55.5. The number of nitrogens with one attached hydrogen (secondary N) is 3. The van der Waals surface area contributed by atoms with Crippen LogP contribution in [0.3, 0.4) is 0 Å². The van der Waals surface area contributed by atoms with Crippen LogP contribution in [0, 0.1) is 142 Å². The predicted octanol–water partition coefficient (Wildman–Crippen LogP) is 26.9. The van der Waals surface area contributed by atoms with E-state index in [4.69, 9.17) is 14.2 Å². The topological polar surface area (TPSA) is 162 Å². The molecule has 13 rings (SSSR count). The van der Waals surface area contributed by atoms with E-state index in [1.54, 1.807) is 13.8 Å². The standard InChI is InChI=1S/C24H6.C22H26N2O2.C16H17NO2.C15H15NO2.C7H13NO.C4H8O.I23/c1-3-5-7-9-11-13-15-17-19-21-23-24-22-20-18-16-14-12-10-8-6-4-2;25-22(26-20-16-24-13-11-18(20)12-14-24)21(19-9-5-2-6-10-19)23-15-17-7-3-1-4-8-17;1-19-16(18)15(14-10-6-3-7-11-14)17-12-13-8-4-2-5-9-13;17-15(18)14(13-9-5-2-6-10-13)16-11-12-7-3-1-4-8-12;9-7-5-8-3-1-6(7)2-4-8;1-2-4-5-3-1;1-13-15(4)17(6)19(8)21(10)23(12)22(11)20(9)18(7)16(5)14(2)3/h1-2H3;1-10,18,20-21,23H,11-16H2;2-11,15,17H,12H2,1H3;1-10,14,16H,11H2,(H,17,18);6-7,9H,1-5H2;1-4H2;/q;;;;;;-1/t;20-,21?;;;7-;;/m.0..0../s1. The first-order chi connectivity index (χ1) is 60.1. The molecule has 13 nitrogen and oxygen atoms in total. The number of rotatable bonds is 26. The smallest absolute Gasteiger partial charge is 0.328 e. The van der Waals surface area contributed by atoms with Crippen LogP contribution < -0.4 is 29.2 Å². The van der Waals surface area contributed by atoms with E-state index in [0.717, 1.165) is 85.6 Å². The first-order valence-electron chi connectivity index (χ1n) is 36.8. The Labute approximate surface area is 895 Å². The molecule has 7 aliphatic rings. The van der Waals surface area contributed by atoms with Gasteiger partial charge in [0.2, 0.25) is 0 Å². The minimum atomic E-state index is -0.864. The quantitative estimate of drug-likeness (QED) is 0.0198. The minimum Gasteiger partial charge on any atom is -0.480 e. The van der Waals surface area contributed by atoms with Gasteiger partial charge in [-0.1, -0.05) is 194 Å². The number of methoxy groups -OCH3 is 1. The number of carboxylic acids is 1. The number of ether oxygens (including phenoxy) is 3. The third-order valence-corrected chi connectivity index (χ3v) is 1590. The number of aliphatic carboxylic acids is 1. The molecule has 0 saturated carbocycles. The van der Waals surface area contributed by atoms with Gasteiger partial charge in [-0.15, -0.1) is 0 Å². The van der Waals surface area contributed by atoms with Crippen LogP contribution in [0.1, 0.15) is 104 Å². The van der Waals surface area contributed by atoms with E-state index in [1.807, 2.05) is 170 Å². The molecule has 3 unspecified atom stereocenters. The van der Waals surface area contributed by atoms with Crippen molar-refractivity contribution < 1.29 is 52.1 Å². The van der Waals surface area contributed by atoms with E-state index >= 15 is 0 Å². The minimum absolute atomic E-state index is 0.00694. The van der Waals surface area contributed by atoms with Crippen molar-refractivity contribution in [2.45, 2.75) is 102 Å². The molecule has 6 aromatic carbocycles.